The van der Waals surface area contributed by atoms with E-state index in [1.54, 1.807) is 0 Å². The van der Waals surface area contributed by atoms with Crippen LogP contribution >= 0.6 is 15.6 Å². The van der Waals surface area contributed by atoms with Gasteiger partial charge in [-0.25, -0.2) is 9.13 Å². The van der Waals surface area contributed by atoms with Gasteiger partial charge in [-0.3, -0.25) is 37.3 Å². The van der Waals surface area contributed by atoms with Crippen molar-refractivity contribution in [3.8, 4) is 0 Å². The number of phosphoric acid groups is 2. The summed E-state index contributed by atoms with van der Waals surface area (Å²) in [6, 6.07) is 0. The van der Waals surface area contributed by atoms with Crippen molar-refractivity contribution in [3.05, 3.63) is 0 Å². The second-order valence-electron chi connectivity index (χ2n) is 26.6. The third kappa shape index (κ3) is 64.8. The minimum absolute atomic E-state index is 0.103. The number of aliphatic hydroxyl groups excluding tert-OH is 1. The van der Waals surface area contributed by atoms with Gasteiger partial charge in [0.2, 0.25) is 0 Å². The first-order valence-corrected chi connectivity index (χ1v) is 40.0. The minimum atomic E-state index is -4.95. The van der Waals surface area contributed by atoms with Crippen LogP contribution in [-0.4, -0.2) is 96.7 Å². The first-order valence-electron chi connectivity index (χ1n) is 37.0. The van der Waals surface area contributed by atoms with Gasteiger partial charge in [0.05, 0.1) is 26.4 Å². The minimum Gasteiger partial charge on any atom is -0.462 e. The lowest BCUT2D eigenvalue weighted by atomic mass is 10.0. The smallest absolute Gasteiger partial charge is 0.462 e. The van der Waals surface area contributed by atoms with Crippen LogP contribution in [0.15, 0.2) is 0 Å². The van der Waals surface area contributed by atoms with Crippen molar-refractivity contribution >= 4 is 39.5 Å². The fourth-order valence-electron chi connectivity index (χ4n) is 10.8. The van der Waals surface area contributed by atoms with E-state index in [-0.39, 0.29) is 25.7 Å². The number of unbranched alkanes of at least 4 members (excludes halogenated alkanes) is 40. The summed E-state index contributed by atoms with van der Waals surface area (Å²) in [6.45, 7) is 9.40. The molecule has 2 unspecified atom stereocenters. The van der Waals surface area contributed by atoms with Crippen molar-refractivity contribution in [3.63, 3.8) is 0 Å². The van der Waals surface area contributed by atoms with Crippen LogP contribution in [0.1, 0.15) is 363 Å². The Balaban J connectivity index is 5.11. The Kier molecular flexibility index (Phi) is 61.8. The Morgan fingerprint density at radius 3 is 0.756 bits per heavy atom. The molecular weight excluding hydrogens is 1190 g/mol. The Morgan fingerprint density at radius 1 is 0.300 bits per heavy atom. The summed E-state index contributed by atoms with van der Waals surface area (Å²) >= 11 is 0. The predicted octanol–water partition coefficient (Wildman–Crippen LogP) is 20.4. The van der Waals surface area contributed by atoms with E-state index >= 15 is 0 Å². The second kappa shape index (κ2) is 63.1. The highest BCUT2D eigenvalue weighted by Crippen LogP contribution is 2.45. The molecule has 3 N–H and O–H groups in total. The van der Waals surface area contributed by atoms with Gasteiger partial charge in [-0.1, -0.05) is 311 Å². The van der Waals surface area contributed by atoms with Gasteiger partial charge in [-0.05, 0) is 37.5 Å². The van der Waals surface area contributed by atoms with Gasteiger partial charge in [0.1, 0.15) is 19.3 Å². The van der Waals surface area contributed by atoms with Crippen LogP contribution in [0, 0.1) is 11.8 Å². The number of hydrogen-bond donors (Lipinski definition) is 3. The van der Waals surface area contributed by atoms with Gasteiger partial charge in [0.25, 0.3) is 0 Å². The van der Waals surface area contributed by atoms with Gasteiger partial charge < -0.3 is 33.8 Å². The van der Waals surface area contributed by atoms with Crippen molar-refractivity contribution in [2.45, 2.75) is 381 Å². The highest BCUT2D eigenvalue weighted by molar-refractivity contribution is 7.47. The number of rotatable bonds is 70. The number of ether oxygens (including phenoxy) is 4. The molecule has 534 valence electrons. The molecule has 0 spiro atoms. The van der Waals surface area contributed by atoms with Crippen LogP contribution in [0.25, 0.3) is 0 Å². The summed E-state index contributed by atoms with van der Waals surface area (Å²) in [5.74, 6) is -0.671. The average Bonchev–Trinajstić information content (AvgIpc) is 3.71. The van der Waals surface area contributed by atoms with E-state index in [2.05, 4.69) is 41.5 Å². The molecule has 0 saturated carbocycles. The van der Waals surface area contributed by atoms with Gasteiger partial charge in [0.15, 0.2) is 12.2 Å². The van der Waals surface area contributed by atoms with Crippen LogP contribution in [0.5, 0.6) is 0 Å². The van der Waals surface area contributed by atoms with E-state index in [1.807, 2.05) is 0 Å². The standard InChI is InChI=1S/C71H138O17P2/c1-7-9-11-13-14-15-16-17-18-19-20-21-22-23-24-25-28-32-37-43-49-55-70(75)88-67(60-82-69(74)54-48-42-36-31-29-26-27-30-34-40-45-51-63(3)4)62-86-90(79,80)84-58-65(72)57-83-89(77,78)85-61-66(59-81-68(73)53-47-39-12-10-8-2)87-71(76)56-50-44-38-33-35-41-46-52-64(5)6/h63-67,72H,7-62H2,1-6H3,(H,77,78)(H,79,80)/t65-,66+,67+/m0/s1. The molecule has 0 aliphatic heterocycles. The molecule has 0 heterocycles. The fourth-order valence-corrected chi connectivity index (χ4v) is 12.3. The first kappa shape index (κ1) is 88.1. The number of aliphatic hydroxyl groups is 1. The third-order valence-electron chi connectivity index (χ3n) is 16.5. The monoisotopic (exact) mass is 1320 g/mol. The SMILES string of the molecule is CCCCCCCCCCCCCCCCCCCCCCCC(=O)O[C@H](COC(=O)CCCCCCCCCCCCCC(C)C)COP(=O)(O)OC[C@@H](O)COP(=O)(O)OC[C@@H](COC(=O)CCCCCCC)OC(=O)CCCCCCCCCC(C)C. The molecule has 0 fully saturated rings. The summed E-state index contributed by atoms with van der Waals surface area (Å²) in [4.78, 5) is 72.2. The van der Waals surface area contributed by atoms with Crippen LogP contribution in [0.4, 0.5) is 0 Å². The number of hydrogen-bond acceptors (Lipinski definition) is 15. The summed E-state index contributed by atoms with van der Waals surface area (Å²) in [5, 5.41) is 10.6. The predicted molar refractivity (Wildman–Crippen MR) is 363 cm³/mol. The Morgan fingerprint density at radius 2 is 0.511 bits per heavy atom. The molecule has 0 saturated heterocycles. The molecule has 0 aromatic carbocycles. The number of carbonyl (C=O) groups excluding carboxylic acids is 4. The Bertz CT molecular complexity index is 1750. The highest BCUT2D eigenvalue weighted by atomic mass is 31.2. The quantitative estimate of drug-likeness (QED) is 0.0222. The molecule has 0 radical (unpaired) electrons. The summed E-state index contributed by atoms with van der Waals surface area (Å²) in [5.41, 5.74) is 0. The van der Waals surface area contributed by atoms with Gasteiger partial charge in [0, 0.05) is 25.7 Å². The van der Waals surface area contributed by atoms with E-state index in [1.165, 1.54) is 173 Å². The molecule has 0 aromatic heterocycles. The van der Waals surface area contributed by atoms with Crippen molar-refractivity contribution < 1.29 is 80.2 Å². The molecule has 0 aromatic rings. The molecule has 0 amide bonds. The van der Waals surface area contributed by atoms with Crippen LogP contribution < -0.4 is 0 Å². The number of esters is 4. The van der Waals surface area contributed by atoms with E-state index in [9.17, 15) is 43.2 Å². The molecular formula is C71H138O17P2. The van der Waals surface area contributed by atoms with E-state index in [0.717, 1.165) is 102 Å². The summed E-state index contributed by atoms with van der Waals surface area (Å²) in [7, 11) is -9.89. The van der Waals surface area contributed by atoms with Gasteiger partial charge in [-0.15, -0.1) is 0 Å². The maximum atomic E-state index is 13.0. The lowest BCUT2D eigenvalue weighted by Gasteiger charge is -2.21. The molecule has 0 aliphatic carbocycles. The average molecular weight is 1330 g/mol. The summed E-state index contributed by atoms with van der Waals surface area (Å²) < 4.78 is 68.0. The highest BCUT2D eigenvalue weighted by Gasteiger charge is 2.30. The van der Waals surface area contributed by atoms with E-state index in [4.69, 9.17) is 37.0 Å². The zero-order chi connectivity index (χ0) is 66.5. The molecule has 90 heavy (non-hydrogen) atoms. The largest absolute Gasteiger partial charge is 0.472 e. The van der Waals surface area contributed by atoms with Crippen LogP contribution in [0.2, 0.25) is 0 Å². The molecule has 17 nitrogen and oxygen atoms in total. The Labute approximate surface area is 549 Å². The number of carbonyl (C=O) groups is 4. The maximum absolute atomic E-state index is 13.0. The molecule has 19 heteroatoms. The maximum Gasteiger partial charge on any atom is 0.472 e. The zero-order valence-electron chi connectivity index (χ0n) is 58.4. The second-order valence-corrected chi connectivity index (χ2v) is 29.5. The van der Waals surface area contributed by atoms with E-state index < -0.39 is 97.5 Å². The molecule has 0 bridgehead atoms. The zero-order valence-corrected chi connectivity index (χ0v) is 60.2. The third-order valence-corrected chi connectivity index (χ3v) is 18.4. The molecule has 5 atom stereocenters. The van der Waals surface area contributed by atoms with Gasteiger partial charge in [-0.2, -0.15) is 0 Å². The van der Waals surface area contributed by atoms with E-state index in [0.29, 0.717) is 31.6 Å². The van der Waals surface area contributed by atoms with Crippen LogP contribution in [-0.2, 0) is 65.4 Å². The Hall–Kier alpha value is -1.94. The first-order chi connectivity index (χ1) is 43.4. The molecule has 0 rings (SSSR count). The fraction of sp³-hybridized carbons (Fsp3) is 0.944. The lowest BCUT2D eigenvalue weighted by Crippen LogP contribution is -2.30. The lowest BCUT2D eigenvalue weighted by molar-refractivity contribution is -0.161. The van der Waals surface area contributed by atoms with Crippen molar-refractivity contribution in [2.75, 3.05) is 39.6 Å². The van der Waals surface area contributed by atoms with Crippen LogP contribution in [0.3, 0.4) is 0 Å². The van der Waals surface area contributed by atoms with Gasteiger partial charge >= 0.3 is 39.5 Å². The van der Waals surface area contributed by atoms with Crippen molar-refractivity contribution in [1.29, 1.82) is 0 Å². The summed E-state index contributed by atoms with van der Waals surface area (Å²) in [6.07, 6.45) is 49.3. The van der Waals surface area contributed by atoms with Crippen molar-refractivity contribution in [1.82, 2.24) is 0 Å². The number of phosphoric ester groups is 2. The molecule has 0 aliphatic rings. The topological polar surface area (TPSA) is 237 Å². The normalized spacial score (nSPS) is 14.1. The van der Waals surface area contributed by atoms with Crippen molar-refractivity contribution in [2.24, 2.45) is 11.8 Å².